The van der Waals surface area contributed by atoms with Crippen molar-refractivity contribution in [3.05, 3.63) is 113 Å². The minimum Gasteiger partial charge on any atom is -0.455 e. The molecule has 12 nitrogen and oxygen atoms in total. The van der Waals surface area contributed by atoms with Crippen molar-refractivity contribution < 1.29 is 42.6 Å². The highest BCUT2D eigenvalue weighted by atomic mass is 35.5. The summed E-state index contributed by atoms with van der Waals surface area (Å²) in [7, 11) is 1.34. The number of hydrogen-bond donors (Lipinski definition) is 1. The van der Waals surface area contributed by atoms with Gasteiger partial charge in [-0.2, -0.15) is 0 Å². The third-order valence-corrected chi connectivity index (χ3v) is 8.08. The van der Waals surface area contributed by atoms with Gasteiger partial charge in [-0.1, -0.05) is 66.2 Å². The molecule has 0 radical (unpaired) electrons. The maximum atomic E-state index is 15.5. The van der Waals surface area contributed by atoms with Gasteiger partial charge in [0.1, 0.15) is 12.4 Å². The molecule has 0 amide bonds. The monoisotopic (exact) mass is 688 g/mol. The number of fused-ring (bicyclic) bond motifs is 1. The van der Waals surface area contributed by atoms with Gasteiger partial charge in [-0.3, -0.25) is 19.0 Å². The SMILES string of the molecule is CONc1ncnc2c1c(F)cn2[C@@H]1O[C@H]([C@H](OC(=O)c2ccc(-c3ccccc3)cc2)c2ccc(Cl)cc2)[C@@H](OC(C)=O)[C@H]1OC(C)=O. The fourth-order valence-corrected chi connectivity index (χ4v) is 5.90. The van der Waals surface area contributed by atoms with Crippen LogP contribution < -0.4 is 5.48 Å². The molecule has 0 aliphatic carbocycles. The molecule has 6 rings (SSSR count). The molecular formula is C35H30ClFN4O8. The maximum absolute atomic E-state index is 15.5. The summed E-state index contributed by atoms with van der Waals surface area (Å²) in [5, 5.41) is 0.376. The van der Waals surface area contributed by atoms with Crippen LogP contribution in [0.4, 0.5) is 10.2 Å². The van der Waals surface area contributed by atoms with Crippen molar-refractivity contribution >= 4 is 46.4 Å². The molecule has 3 heterocycles. The zero-order valence-corrected chi connectivity index (χ0v) is 27.2. The van der Waals surface area contributed by atoms with Gasteiger partial charge in [0.25, 0.3) is 0 Å². The second-order valence-electron chi connectivity index (χ2n) is 11.1. The highest BCUT2D eigenvalue weighted by molar-refractivity contribution is 6.30. The summed E-state index contributed by atoms with van der Waals surface area (Å²) in [4.78, 5) is 51.9. The number of esters is 3. The van der Waals surface area contributed by atoms with Crippen molar-refractivity contribution in [3.8, 4) is 11.1 Å². The molecular weight excluding hydrogens is 659 g/mol. The van der Waals surface area contributed by atoms with E-state index in [1.807, 2.05) is 30.3 Å². The lowest BCUT2D eigenvalue weighted by Crippen LogP contribution is -2.41. The van der Waals surface area contributed by atoms with Crippen molar-refractivity contribution in [1.29, 1.82) is 0 Å². The molecule has 3 aromatic carbocycles. The average Bonchev–Trinajstić information content (AvgIpc) is 3.61. The van der Waals surface area contributed by atoms with E-state index in [0.717, 1.165) is 17.3 Å². The second kappa shape index (κ2) is 14.4. The van der Waals surface area contributed by atoms with Crippen LogP contribution in [0.25, 0.3) is 22.2 Å². The molecule has 0 saturated carbocycles. The summed E-state index contributed by atoms with van der Waals surface area (Å²) in [6.45, 7) is 2.34. The summed E-state index contributed by atoms with van der Waals surface area (Å²) in [5.41, 5.74) is 5.09. The number of carbonyl (C=O) groups excluding carboxylic acids is 3. The first kappa shape index (κ1) is 33.5. The third-order valence-electron chi connectivity index (χ3n) is 7.82. The Bertz CT molecular complexity index is 1970. The van der Waals surface area contributed by atoms with Gasteiger partial charge in [-0.25, -0.2) is 24.6 Å². The molecule has 0 bridgehead atoms. The van der Waals surface area contributed by atoms with Crippen molar-refractivity contribution in [2.75, 3.05) is 12.6 Å². The predicted octanol–water partition coefficient (Wildman–Crippen LogP) is 6.22. The number of ether oxygens (including phenoxy) is 4. The Labute approximate surface area is 284 Å². The average molecular weight is 689 g/mol. The van der Waals surface area contributed by atoms with Crippen LogP contribution in [-0.2, 0) is 33.4 Å². The summed E-state index contributed by atoms with van der Waals surface area (Å²) in [5.74, 6) is -2.88. The molecule has 1 N–H and O–H groups in total. The number of nitrogens with zero attached hydrogens (tertiary/aromatic N) is 3. The number of rotatable bonds is 10. The summed E-state index contributed by atoms with van der Waals surface area (Å²) in [6, 6.07) is 22.9. The van der Waals surface area contributed by atoms with Crippen LogP contribution in [0.3, 0.4) is 0 Å². The fraction of sp³-hybridized carbons (Fsp3) is 0.229. The zero-order chi connectivity index (χ0) is 34.7. The number of aromatic nitrogens is 3. The van der Waals surface area contributed by atoms with Crippen molar-refractivity contribution in [3.63, 3.8) is 0 Å². The van der Waals surface area contributed by atoms with Gasteiger partial charge < -0.3 is 18.9 Å². The standard InChI is InChI=1S/C35H30ClFN4O8/c1-19(42)46-30-29(48-34(31(30)47-20(2)43)41-17-26(37)27-32(40-45-3)38-18-39-33(27)41)28(23-13-15-25(36)16-14-23)49-35(44)24-11-9-22(10-12-24)21-7-5-4-6-8-21/h4-18,28-31,34H,1-3H3,(H,38,39,40)/t28-,29-,30-,31-,34-/m1/s1. The third kappa shape index (κ3) is 7.09. The van der Waals surface area contributed by atoms with Crippen LogP contribution in [0, 0.1) is 5.82 Å². The van der Waals surface area contributed by atoms with Crippen molar-refractivity contribution in [2.45, 2.75) is 44.5 Å². The number of hydrogen-bond acceptors (Lipinski definition) is 11. The Morgan fingerprint density at radius 1 is 0.898 bits per heavy atom. The first-order valence-corrected chi connectivity index (χ1v) is 15.4. The molecule has 0 spiro atoms. The van der Waals surface area contributed by atoms with E-state index in [1.54, 1.807) is 48.5 Å². The van der Waals surface area contributed by atoms with E-state index in [2.05, 4.69) is 15.4 Å². The Morgan fingerprint density at radius 3 is 2.20 bits per heavy atom. The van der Waals surface area contributed by atoms with Gasteiger partial charge in [-0.15, -0.1) is 0 Å². The van der Waals surface area contributed by atoms with E-state index < -0.39 is 54.4 Å². The molecule has 252 valence electrons. The van der Waals surface area contributed by atoms with E-state index in [9.17, 15) is 14.4 Å². The second-order valence-corrected chi connectivity index (χ2v) is 11.5. The van der Waals surface area contributed by atoms with Gasteiger partial charge >= 0.3 is 17.9 Å². The van der Waals surface area contributed by atoms with Crippen LogP contribution in [0.15, 0.2) is 91.4 Å². The van der Waals surface area contributed by atoms with Gasteiger partial charge in [0, 0.05) is 25.1 Å². The van der Waals surface area contributed by atoms with Gasteiger partial charge in [0.2, 0.25) is 0 Å². The first-order chi connectivity index (χ1) is 23.6. The van der Waals surface area contributed by atoms with E-state index in [4.69, 9.17) is 35.4 Å². The zero-order valence-electron chi connectivity index (χ0n) is 26.4. The Hall–Kier alpha value is -5.37. The quantitative estimate of drug-likeness (QED) is 0.102. The lowest BCUT2D eigenvalue weighted by Gasteiger charge is -2.28. The number of halogens is 2. The van der Waals surface area contributed by atoms with Crippen LogP contribution >= 0.6 is 11.6 Å². The Balaban J connectivity index is 1.41. The molecule has 14 heteroatoms. The highest BCUT2D eigenvalue weighted by Gasteiger charge is 2.54. The largest absolute Gasteiger partial charge is 0.455 e. The van der Waals surface area contributed by atoms with Crippen LogP contribution in [-0.4, -0.2) is 57.9 Å². The number of benzene rings is 3. The minimum absolute atomic E-state index is 0.0325. The molecule has 5 atom stereocenters. The lowest BCUT2D eigenvalue weighted by molar-refractivity contribution is -0.166. The predicted molar refractivity (Wildman–Crippen MR) is 175 cm³/mol. The summed E-state index contributed by atoms with van der Waals surface area (Å²) >= 11 is 6.19. The highest BCUT2D eigenvalue weighted by Crippen LogP contribution is 2.43. The fourth-order valence-electron chi connectivity index (χ4n) is 5.77. The molecule has 5 aromatic rings. The molecule has 1 saturated heterocycles. The van der Waals surface area contributed by atoms with Crippen molar-refractivity contribution in [1.82, 2.24) is 14.5 Å². The lowest BCUT2D eigenvalue weighted by atomic mass is 9.98. The van der Waals surface area contributed by atoms with Gasteiger partial charge in [0.05, 0.1) is 18.1 Å². The number of anilines is 1. The van der Waals surface area contributed by atoms with Crippen LogP contribution in [0.2, 0.25) is 5.02 Å². The smallest absolute Gasteiger partial charge is 0.338 e. The minimum atomic E-state index is -1.34. The Morgan fingerprint density at radius 2 is 1.55 bits per heavy atom. The molecule has 0 unspecified atom stereocenters. The molecule has 2 aromatic heterocycles. The van der Waals surface area contributed by atoms with E-state index >= 15 is 4.39 Å². The Kier molecular flexibility index (Phi) is 9.85. The molecule has 1 aliphatic heterocycles. The molecule has 49 heavy (non-hydrogen) atoms. The number of carbonyl (C=O) groups is 3. The first-order valence-electron chi connectivity index (χ1n) is 15.1. The number of nitrogens with one attached hydrogen (secondary N) is 1. The molecule has 1 aliphatic rings. The van der Waals surface area contributed by atoms with Gasteiger partial charge in [0.15, 0.2) is 41.8 Å². The van der Waals surface area contributed by atoms with Crippen LogP contribution in [0.5, 0.6) is 0 Å². The van der Waals surface area contributed by atoms with E-state index in [1.165, 1.54) is 31.9 Å². The van der Waals surface area contributed by atoms with E-state index in [-0.39, 0.29) is 22.4 Å². The topological polar surface area (TPSA) is 140 Å². The van der Waals surface area contributed by atoms with Gasteiger partial charge in [-0.05, 0) is 41.0 Å². The molecule has 1 fully saturated rings. The summed E-state index contributed by atoms with van der Waals surface area (Å²) in [6.07, 6.45) is -4.23. The summed E-state index contributed by atoms with van der Waals surface area (Å²) < 4.78 is 40.7. The van der Waals surface area contributed by atoms with Crippen molar-refractivity contribution in [2.24, 2.45) is 0 Å². The normalized spacial score (nSPS) is 19.3. The van der Waals surface area contributed by atoms with E-state index in [0.29, 0.717) is 10.6 Å². The van der Waals surface area contributed by atoms with Crippen LogP contribution in [0.1, 0.15) is 42.1 Å². The maximum Gasteiger partial charge on any atom is 0.338 e.